The van der Waals surface area contributed by atoms with Gasteiger partial charge in [0.25, 0.3) is 0 Å². The summed E-state index contributed by atoms with van der Waals surface area (Å²) in [5, 5.41) is 3.48. The zero-order valence-electron chi connectivity index (χ0n) is 19.5. The van der Waals surface area contributed by atoms with E-state index < -0.39 is 36.5 Å². The number of carbonyl (C=O) groups excluding carboxylic acids is 2. The number of imidazole rings is 1. The molecule has 182 valence electrons. The van der Waals surface area contributed by atoms with Crippen LogP contribution in [0.5, 0.6) is 0 Å². The lowest BCUT2D eigenvalue weighted by Gasteiger charge is -2.29. The third-order valence-electron chi connectivity index (χ3n) is 6.01. The fourth-order valence-corrected chi connectivity index (χ4v) is 4.58. The van der Waals surface area contributed by atoms with Gasteiger partial charge in [0.05, 0.1) is 12.4 Å². The van der Waals surface area contributed by atoms with Crippen molar-refractivity contribution in [1.82, 2.24) is 19.5 Å². The second-order valence-corrected chi connectivity index (χ2v) is 8.38. The van der Waals surface area contributed by atoms with Gasteiger partial charge in [0.2, 0.25) is 0 Å². The molecule has 0 radical (unpaired) electrons. The summed E-state index contributed by atoms with van der Waals surface area (Å²) in [7, 11) is 0. The van der Waals surface area contributed by atoms with Crippen molar-refractivity contribution >= 4 is 28.9 Å². The van der Waals surface area contributed by atoms with Crippen molar-refractivity contribution < 1.29 is 28.5 Å². The summed E-state index contributed by atoms with van der Waals surface area (Å²) in [6.07, 6.45) is 9.04. The maximum Gasteiger partial charge on any atom is 0.303 e. The molecule has 1 N–H and O–H groups in total. The van der Waals surface area contributed by atoms with Crippen LogP contribution in [-0.2, 0) is 28.5 Å². The van der Waals surface area contributed by atoms with E-state index in [1.165, 1.54) is 26.5 Å². The number of carbonyl (C=O) groups is 2. The summed E-state index contributed by atoms with van der Waals surface area (Å²) < 4.78 is 24.1. The van der Waals surface area contributed by atoms with E-state index in [0.29, 0.717) is 23.1 Å². The molecule has 2 fully saturated rings. The number of aromatic nitrogens is 4. The first-order valence-electron chi connectivity index (χ1n) is 11.4. The minimum atomic E-state index is -0.972. The first-order valence-corrected chi connectivity index (χ1v) is 11.4. The van der Waals surface area contributed by atoms with E-state index in [2.05, 4.69) is 26.2 Å². The second kappa shape index (κ2) is 10.4. The van der Waals surface area contributed by atoms with Gasteiger partial charge in [0.1, 0.15) is 6.33 Å². The average molecular weight is 472 g/mol. The Kier molecular flexibility index (Phi) is 7.29. The molecule has 4 rings (SSSR count). The van der Waals surface area contributed by atoms with Gasteiger partial charge in [-0.2, -0.15) is 0 Å². The molecule has 0 spiro atoms. The van der Waals surface area contributed by atoms with Crippen LogP contribution < -0.4 is 5.32 Å². The highest BCUT2D eigenvalue weighted by Gasteiger charge is 2.50. The molecule has 1 saturated carbocycles. The molecule has 4 atom stereocenters. The molecule has 11 heteroatoms. The molecular weight excluding hydrogens is 442 g/mol. The summed E-state index contributed by atoms with van der Waals surface area (Å²) in [5.41, 5.74) is 1.02. The van der Waals surface area contributed by atoms with Gasteiger partial charge in [0, 0.05) is 26.5 Å². The molecule has 11 nitrogen and oxygen atoms in total. The molecule has 0 amide bonds. The predicted molar refractivity (Wildman–Crippen MR) is 120 cm³/mol. The van der Waals surface area contributed by atoms with Gasteiger partial charge >= 0.3 is 11.9 Å². The predicted octanol–water partition coefficient (Wildman–Crippen LogP) is 1.98. The summed E-state index contributed by atoms with van der Waals surface area (Å²) >= 11 is 0. The molecular formula is C23H29N5O6. The molecule has 0 bridgehead atoms. The summed E-state index contributed by atoms with van der Waals surface area (Å²) in [5.74, 6) is 1.95. The lowest BCUT2D eigenvalue weighted by atomic mass is 9.93. The number of hydrogen-bond donors (Lipinski definition) is 1. The van der Waals surface area contributed by atoms with Crippen molar-refractivity contribution in [3.8, 4) is 12.3 Å². The molecule has 0 aromatic carbocycles. The fourth-order valence-electron chi connectivity index (χ4n) is 4.58. The fraction of sp³-hybridized carbons (Fsp3) is 0.609. The van der Waals surface area contributed by atoms with E-state index in [0.717, 1.165) is 32.3 Å². The summed E-state index contributed by atoms with van der Waals surface area (Å²) in [6.45, 7) is 5.26. The highest BCUT2D eigenvalue weighted by molar-refractivity contribution is 5.83. The first kappa shape index (κ1) is 23.9. The number of esters is 2. The molecule has 2 aromatic rings. The maximum absolute atomic E-state index is 11.8. The SMILES string of the molecule is C#C[C@H]1O[C@@H](n2cnc3c(NC4CCC(OCC)CC4)ncnc32)[C@H](OC(C)=O)[C@H]1OC(C)=O. The van der Waals surface area contributed by atoms with Gasteiger partial charge in [-0.25, -0.2) is 15.0 Å². The van der Waals surface area contributed by atoms with Crippen molar-refractivity contribution in [3.05, 3.63) is 12.7 Å². The van der Waals surface area contributed by atoms with Gasteiger partial charge in [-0.1, -0.05) is 5.92 Å². The molecule has 3 heterocycles. The van der Waals surface area contributed by atoms with Gasteiger partial charge in [-0.3, -0.25) is 14.2 Å². The van der Waals surface area contributed by atoms with Crippen molar-refractivity contribution in [1.29, 1.82) is 0 Å². The number of hydrogen-bond acceptors (Lipinski definition) is 10. The van der Waals surface area contributed by atoms with E-state index in [9.17, 15) is 9.59 Å². The van der Waals surface area contributed by atoms with Crippen LogP contribution in [0, 0.1) is 12.3 Å². The Labute approximate surface area is 197 Å². The normalized spacial score (nSPS) is 28.9. The van der Waals surface area contributed by atoms with Gasteiger partial charge in [0.15, 0.2) is 41.5 Å². The quantitative estimate of drug-likeness (QED) is 0.473. The summed E-state index contributed by atoms with van der Waals surface area (Å²) in [4.78, 5) is 36.7. The van der Waals surface area contributed by atoms with Crippen LogP contribution in [0.25, 0.3) is 11.2 Å². The maximum atomic E-state index is 11.8. The Bertz CT molecular complexity index is 1070. The number of rotatable bonds is 7. The molecule has 2 aliphatic rings. The van der Waals surface area contributed by atoms with Crippen molar-refractivity contribution in [2.75, 3.05) is 11.9 Å². The number of nitrogens with one attached hydrogen (secondary N) is 1. The minimum Gasteiger partial charge on any atom is -0.455 e. The zero-order valence-corrected chi connectivity index (χ0v) is 19.5. The standard InChI is InChI=1S/C23H29N5O6/c1-5-17-19(32-13(3)29)20(33-14(4)30)23(34-17)28-12-26-18-21(24-11-25-22(18)28)27-15-7-9-16(10-8-15)31-6-2/h1,11-12,15-17,19-20,23H,6-10H2,2-4H3,(H,24,25,27)/t15?,16?,17-,19+,20-,23-/m1/s1. The second-order valence-electron chi connectivity index (χ2n) is 8.38. The Morgan fingerprint density at radius 3 is 2.50 bits per heavy atom. The first-order chi connectivity index (χ1) is 16.4. The third-order valence-corrected chi connectivity index (χ3v) is 6.01. The highest BCUT2D eigenvalue weighted by atomic mass is 16.6. The van der Waals surface area contributed by atoms with E-state index >= 15 is 0 Å². The molecule has 0 unspecified atom stereocenters. The van der Waals surface area contributed by atoms with Crippen LogP contribution in [0.3, 0.4) is 0 Å². The largest absolute Gasteiger partial charge is 0.455 e. The number of fused-ring (bicyclic) bond motifs is 1. The molecule has 1 aliphatic carbocycles. The smallest absolute Gasteiger partial charge is 0.303 e. The van der Waals surface area contributed by atoms with Crippen LogP contribution in [0.1, 0.15) is 52.7 Å². The number of terminal acetylenes is 1. The lowest BCUT2D eigenvalue weighted by Crippen LogP contribution is -2.38. The topological polar surface area (TPSA) is 127 Å². The van der Waals surface area contributed by atoms with Crippen molar-refractivity contribution in [2.45, 2.75) is 83.1 Å². The average Bonchev–Trinajstić information content (AvgIpc) is 3.37. The monoisotopic (exact) mass is 471 g/mol. The Morgan fingerprint density at radius 1 is 1.15 bits per heavy atom. The Morgan fingerprint density at radius 2 is 1.85 bits per heavy atom. The van der Waals surface area contributed by atoms with Crippen molar-refractivity contribution in [3.63, 3.8) is 0 Å². The highest BCUT2D eigenvalue weighted by Crippen LogP contribution is 2.36. The van der Waals surface area contributed by atoms with Gasteiger partial charge < -0.3 is 24.3 Å². The number of ether oxygens (including phenoxy) is 4. The van der Waals surface area contributed by atoms with Crippen LogP contribution in [0.4, 0.5) is 5.82 Å². The Hall–Kier alpha value is -3.23. The van der Waals surface area contributed by atoms with E-state index in [-0.39, 0.29) is 6.04 Å². The van der Waals surface area contributed by atoms with Crippen LogP contribution in [0.15, 0.2) is 12.7 Å². The minimum absolute atomic E-state index is 0.246. The van der Waals surface area contributed by atoms with E-state index in [4.69, 9.17) is 25.4 Å². The third kappa shape index (κ3) is 4.98. The molecule has 1 saturated heterocycles. The van der Waals surface area contributed by atoms with Gasteiger partial charge in [-0.15, -0.1) is 6.42 Å². The Balaban J connectivity index is 1.59. The molecule has 1 aliphatic heterocycles. The zero-order chi connectivity index (χ0) is 24.2. The van der Waals surface area contributed by atoms with E-state index in [1.807, 2.05) is 6.92 Å². The number of nitrogens with zero attached hydrogens (tertiary/aromatic N) is 4. The van der Waals surface area contributed by atoms with Gasteiger partial charge in [-0.05, 0) is 32.6 Å². The van der Waals surface area contributed by atoms with Crippen molar-refractivity contribution in [2.24, 2.45) is 0 Å². The number of anilines is 1. The van der Waals surface area contributed by atoms with Crippen LogP contribution in [0.2, 0.25) is 0 Å². The summed E-state index contributed by atoms with van der Waals surface area (Å²) in [6, 6.07) is 0.246. The van der Waals surface area contributed by atoms with Crippen LogP contribution >= 0.6 is 0 Å². The van der Waals surface area contributed by atoms with E-state index in [1.54, 1.807) is 4.57 Å². The molecule has 34 heavy (non-hydrogen) atoms. The lowest BCUT2D eigenvalue weighted by molar-refractivity contribution is -0.165. The molecule has 2 aromatic heterocycles. The van der Waals surface area contributed by atoms with Crippen LogP contribution in [-0.4, -0.2) is 68.5 Å².